The van der Waals surface area contributed by atoms with Crippen LogP contribution in [0.15, 0.2) is 54.7 Å². The molecule has 1 aliphatic rings. The smallest absolute Gasteiger partial charge is 0.309 e. The van der Waals surface area contributed by atoms with Crippen LogP contribution < -0.4 is 4.90 Å². The van der Waals surface area contributed by atoms with Gasteiger partial charge in [0.2, 0.25) is 5.91 Å². The van der Waals surface area contributed by atoms with E-state index in [0.717, 1.165) is 17.8 Å². The van der Waals surface area contributed by atoms with Crippen molar-refractivity contribution in [1.82, 2.24) is 9.78 Å². The number of carbonyl (C=O) groups is 1. The monoisotopic (exact) mass is 403 g/mol. The van der Waals surface area contributed by atoms with Gasteiger partial charge in [0.25, 0.3) is 0 Å². The minimum absolute atomic E-state index is 0.134. The summed E-state index contributed by atoms with van der Waals surface area (Å²) in [6.45, 7) is 0.472. The molecule has 150 valence electrons. The summed E-state index contributed by atoms with van der Waals surface area (Å²) in [6, 6.07) is 10.7. The molecule has 1 aliphatic heterocycles. The molecular formula is C21H17F4N3O. The van der Waals surface area contributed by atoms with Gasteiger partial charge in [0, 0.05) is 6.54 Å². The fourth-order valence-electron chi connectivity index (χ4n) is 3.54. The molecule has 2 aromatic carbocycles. The maximum absolute atomic E-state index is 13.2. The van der Waals surface area contributed by atoms with Crippen molar-refractivity contribution in [3.05, 3.63) is 77.4 Å². The van der Waals surface area contributed by atoms with E-state index in [1.165, 1.54) is 24.3 Å². The summed E-state index contributed by atoms with van der Waals surface area (Å²) in [4.78, 5) is 14.4. The minimum Gasteiger partial charge on any atom is -0.309 e. The highest BCUT2D eigenvalue weighted by Crippen LogP contribution is 2.31. The van der Waals surface area contributed by atoms with E-state index in [-0.39, 0.29) is 18.1 Å². The van der Waals surface area contributed by atoms with Gasteiger partial charge in [-0.1, -0.05) is 18.2 Å². The van der Waals surface area contributed by atoms with E-state index in [0.29, 0.717) is 36.3 Å². The maximum atomic E-state index is 13.2. The lowest BCUT2D eigenvalue weighted by Gasteiger charge is -2.27. The molecule has 1 amide bonds. The molecule has 0 fully saturated rings. The third-order valence-electron chi connectivity index (χ3n) is 4.91. The van der Waals surface area contributed by atoms with Crippen molar-refractivity contribution in [2.45, 2.75) is 25.4 Å². The zero-order valence-electron chi connectivity index (χ0n) is 15.3. The molecule has 0 spiro atoms. The number of hydrogen-bond donors (Lipinski definition) is 0. The van der Waals surface area contributed by atoms with Gasteiger partial charge in [0.1, 0.15) is 5.82 Å². The summed E-state index contributed by atoms with van der Waals surface area (Å²) >= 11 is 0. The van der Waals surface area contributed by atoms with E-state index < -0.39 is 11.7 Å². The number of hydrogen-bond acceptors (Lipinski definition) is 2. The molecule has 4 nitrogen and oxygen atoms in total. The summed E-state index contributed by atoms with van der Waals surface area (Å²) in [7, 11) is 0. The van der Waals surface area contributed by atoms with Gasteiger partial charge in [-0.2, -0.15) is 18.3 Å². The average Bonchev–Trinajstić information content (AvgIpc) is 3.12. The van der Waals surface area contributed by atoms with Crippen LogP contribution in [0.1, 0.15) is 23.2 Å². The van der Waals surface area contributed by atoms with Crippen LogP contribution in [0.3, 0.4) is 0 Å². The summed E-state index contributed by atoms with van der Waals surface area (Å²) in [5.41, 5.74) is 1.67. The molecule has 0 bridgehead atoms. The van der Waals surface area contributed by atoms with Gasteiger partial charge in [-0.05, 0) is 48.7 Å². The quantitative estimate of drug-likeness (QED) is 0.602. The molecule has 0 N–H and O–H groups in total. The van der Waals surface area contributed by atoms with E-state index in [2.05, 4.69) is 5.10 Å². The molecule has 8 heteroatoms. The summed E-state index contributed by atoms with van der Waals surface area (Å²) < 4.78 is 53.6. The van der Waals surface area contributed by atoms with Gasteiger partial charge in [-0.25, -0.2) is 9.07 Å². The highest BCUT2D eigenvalue weighted by Gasteiger charge is 2.31. The number of rotatable bonds is 3. The summed E-state index contributed by atoms with van der Waals surface area (Å²) in [5.74, 6) is -0.642. The highest BCUT2D eigenvalue weighted by molar-refractivity contribution is 5.95. The molecule has 0 atom stereocenters. The van der Waals surface area contributed by atoms with Crippen LogP contribution in [-0.4, -0.2) is 22.2 Å². The number of benzene rings is 2. The van der Waals surface area contributed by atoms with Gasteiger partial charge in [-0.15, -0.1) is 0 Å². The van der Waals surface area contributed by atoms with Crippen LogP contribution in [0.4, 0.5) is 23.2 Å². The van der Waals surface area contributed by atoms with E-state index in [9.17, 15) is 22.4 Å². The lowest BCUT2D eigenvalue weighted by Crippen LogP contribution is -2.36. The third kappa shape index (κ3) is 3.87. The lowest BCUT2D eigenvalue weighted by molar-refractivity contribution is -0.137. The Morgan fingerprint density at radius 1 is 1.10 bits per heavy atom. The van der Waals surface area contributed by atoms with Crippen LogP contribution in [0.2, 0.25) is 0 Å². The SMILES string of the molecule is O=C(Cc1cccc(C(F)(F)F)c1)N1CCCc2c1cnn2-c1ccc(F)cc1. The Morgan fingerprint density at radius 2 is 1.86 bits per heavy atom. The number of anilines is 1. The first-order valence-corrected chi connectivity index (χ1v) is 9.12. The second kappa shape index (κ2) is 7.35. The molecule has 2 heterocycles. The van der Waals surface area contributed by atoms with E-state index in [1.54, 1.807) is 27.9 Å². The maximum Gasteiger partial charge on any atom is 0.416 e. The molecule has 0 radical (unpaired) electrons. The Bertz CT molecular complexity index is 1040. The number of halogens is 4. The third-order valence-corrected chi connectivity index (χ3v) is 4.91. The standard InChI is InChI=1S/C21H17F4N3O/c22-16-6-8-17(9-7-16)28-18-5-2-10-27(19(18)13-26-28)20(29)12-14-3-1-4-15(11-14)21(23,24)25/h1,3-4,6-9,11,13H,2,5,10,12H2. The van der Waals surface area contributed by atoms with Crippen molar-refractivity contribution in [2.75, 3.05) is 11.4 Å². The Kier molecular flexibility index (Phi) is 4.86. The minimum atomic E-state index is -4.45. The van der Waals surface area contributed by atoms with Crippen LogP contribution in [0.25, 0.3) is 5.69 Å². The van der Waals surface area contributed by atoms with E-state index in [1.807, 2.05) is 0 Å². The molecule has 4 rings (SSSR count). The number of nitrogens with zero attached hydrogens (tertiary/aromatic N) is 3. The first-order chi connectivity index (χ1) is 13.8. The van der Waals surface area contributed by atoms with Crippen molar-refractivity contribution < 1.29 is 22.4 Å². The van der Waals surface area contributed by atoms with Gasteiger partial charge < -0.3 is 4.90 Å². The van der Waals surface area contributed by atoms with Gasteiger partial charge >= 0.3 is 6.18 Å². The Labute approximate surface area is 164 Å². The number of alkyl halides is 3. The van der Waals surface area contributed by atoms with E-state index >= 15 is 0 Å². The second-order valence-electron chi connectivity index (χ2n) is 6.89. The van der Waals surface area contributed by atoms with Crippen molar-refractivity contribution >= 4 is 11.6 Å². The molecule has 0 aliphatic carbocycles. The normalized spacial score (nSPS) is 14.0. The molecule has 0 saturated heterocycles. The van der Waals surface area contributed by atoms with Crippen LogP contribution in [0.5, 0.6) is 0 Å². The second-order valence-corrected chi connectivity index (χ2v) is 6.89. The number of carbonyl (C=O) groups excluding carboxylic acids is 1. The first kappa shape index (κ1) is 19.2. The van der Waals surface area contributed by atoms with Crippen LogP contribution in [-0.2, 0) is 23.8 Å². The highest BCUT2D eigenvalue weighted by atomic mass is 19.4. The van der Waals surface area contributed by atoms with E-state index in [4.69, 9.17) is 0 Å². The Hall–Kier alpha value is -3.16. The molecule has 3 aromatic rings. The zero-order valence-corrected chi connectivity index (χ0v) is 15.3. The van der Waals surface area contributed by atoms with Gasteiger partial charge in [0.15, 0.2) is 0 Å². The molecule has 29 heavy (non-hydrogen) atoms. The van der Waals surface area contributed by atoms with Crippen molar-refractivity contribution in [1.29, 1.82) is 0 Å². The molecular weight excluding hydrogens is 386 g/mol. The molecule has 0 saturated carbocycles. The molecule has 1 aromatic heterocycles. The summed E-state index contributed by atoms with van der Waals surface area (Å²) in [5, 5.41) is 4.34. The number of amides is 1. The topological polar surface area (TPSA) is 38.1 Å². The molecule has 0 unspecified atom stereocenters. The number of aromatic nitrogens is 2. The Balaban J connectivity index is 1.59. The van der Waals surface area contributed by atoms with Gasteiger partial charge in [-0.3, -0.25) is 4.79 Å². The Morgan fingerprint density at radius 3 is 2.59 bits per heavy atom. The van der Waals surface area contributed by atoms with Crippen LogP contribution in [0, 0.1) is 5.82 Å². The fourth-order valence-corrected chi connectivity index (χ4v) is 3.54. The van der Waals surface area contributed by atoms with Crippen LogP contribution >= 0.6 is 0 Å². The lowest BCUT2D eigenvalue weighted by atomic mass is 10.0. The largest absolute Gasteiger partial charge is 0.416 e. The predicted octanol–water partition coefficient (Wildman–Crippen LogP) is 4.55. The zero-order chi connectivity index (χ0) is 20.6. The summed E-state index contributed by atoms with van der Waals surface area (Å²) in [6.07, 6.45) is -1.62. The van der Waals surface area contributed by atoms with Gasteiger partial charge in [0.05, 0.1) is 35.2 Å². The average molecular weight is 403 g/mol. The predicted molar refractivity (Wildman–Crippen MR) is 99.3 cm³/mol. The number of fused-ring (bicyclic) bond motifs is 1. The first-order valence-electron chi connectivity index (χ1n) is 9.12. The fraction of sp³-hybridized carbons (Fsp3) is 0.238. The van der Waals surface area contributed by atoms with Crippen molar-refractivity contribution in [2.24, 2.45) is 0 Å². The van der Waals surface area contributed by atoms with Crippen molar-refractivity contribution in [3.63, 3.8) is 0 Å². The van der Waals surface area contributed by atoms with Crippen molar-refractivity contribution in [3.8, 4) is 5.69 Å².